The molecule has 0 bridgehead atoms. The lowest BCUT2D eigenvalue weighted by Crippen LogP contribution is -2.50. The van der Waals surface area contributed by atoms with Crippen molar-refractivity contribution < 1.29 is 0 Å². The maximum Gasteiger partial charge on any atom is 0.226 e. The van der Waals surface area contributed by atoms with E-state index in [9.17, 15) is 0 Å². The van der Waals surface area contributed by atoms with Gasteiger partial charge >= 0.3 is 0 Å². The third-order valence-electron chi connectivity index (χ3n) is 1.99. The fraction of sp³-hybridized carbons (Fsp3) is 0.556. The minimum atomic E-state index is -0.987. The van der Waals surface area contributed by atoms with E-state index in [1.807, 2.05) is 6.92 Å². The normalized spacial score (nSPS) is 15.9. The predicted octanol–water partition coefficient (Wildman–Crippen LogP) is 0.740. The molecule has 0 aliphatic carbocycles. The Hall–Kier alpha value is -1.45. The SMILES string of the molecule is CCNC(Cl)C(C)(C#N)Nc1ncncn1. The molecule has 0 saturated carbocycles. The zero-order valence-electron chi connectivity index (χ0n) is 9.11. The van der Waals surface area contributed by atoms with E-state index in [-0.39, 0.29) is 0 Å². The summed E-state index contributed by atoms with van der Waals surface area (Å²) >= 11 is 6.07. The van der Waals surface area contributed by atoms with E-state index in [0.717, 1.165) is 0 Å². The molecule has 0 aromatic carbocycles. The molecule has 6 nitrogen and oxygen atoms in total. The Kier molecular flexibility index (Phi) is 4.40. The maximum atomic E-state index is 9.14. The van der Waals surface area contributed by atoms with Gasteiger partial charge in [0.1, 0.15) is 18.2 Å². The lowest BCUT2D eigenvalue weighted by atomic mass is 10.1. The van der Waals surface area contributed by atoms with Crippen LogP contribution >= 0.6 is 11.6 Å². The van der Waals surface area contributed by atoms with Crippen LogP contribution in [0, 0.1) is 11.3 Å². The Morgan fingerprint density at radius 1 is 1.56 bits per heavy atom. The second-order valence-electron chi connectivity index (χ2n) is 3.32. The molecule has 2 atom stereocenters. The average Bonchev–Trinajstić information content (AvgIpc) is 2.30. The molecule has 0 amide bonds. The van der Waals surface area contributed by atoms with Gasteiger partial charge in [-0.3, -0.25) is 5.32 Å². The number of hydrogen-bond acceptors (Lipinski definition) is 6. The summed E-state index contributed by atoms with van der Waals surface area (Å²) in [5.74, 6) is 0.322. The highest BCUT2D eigenvalue weighted by atomic mass is 35.5. The Morgan fingerprint density at radius 2 is 2.19 bits per heavy atom. The van der Waals surface area contributed by atoms with Crippen molar-refractivity contribution in [2.75, 3.05) is 11.9 Å². The van der Waals surface area contributed by atoms with Gasteiger partial charge in [0.15, 0.2) is 5.54 Å². The molecule has 86 valence electrons. The second kappa shape index (κ2) is 5.58. The van der Waals surface area contributed by atoms with Crippen LogP contribution in [0.1, 0.15) is 13.8 Å². The first-order chi connectivity index (χ1) is 7.62. The lowest BCUT2D eigenvalue weighted by molar-refractivity contribution is 0.518. The first kappa shape index (κ1) is 12.6. The number of nitriles is 1. The summed E-state index contributed by atoms with van der Waals surface area (Å²) in [5.41, 5.74) is -1.53. The van der Waals surface area contributed by atoms with Gasteiger partial charge in [-0.05, 0) is 13.5 Å². The quantitative estimate of drug-likeness (QED) is 0.583. The van der Waals surface area contributed by atoms with Crippen molar-refractivity contribution in [1.29, 1.82) is 5.26 Å². The molecule has 7 heteroatoms. The van der Waals surface area contributed by atoms with Gasteiger partial charge in [-0.15, -0.1) is 11.6 Å². The first-order valence-corrected chi connectivity index (χ1v) is 5.25. The van der Waals surface area contributed by atoms with Crippen LogP contribution in [0.5, 0.6) is 0 Å². The summed E-state index contributed by atoms with van der Waals surface area (Å²) in [6.07, 6.45) is 2.70. The van der Waals surface area contributed by atoms with Gasteiger partial charge in [0.2, 0.25) is 5.95 Å². The van der Waals surface area contributed by atoms with Crippen LogP contribution in [0.3, 0.4) is 0 Å². The predicted molar refractivity (Wildman–Crippen MR) is 60.8 cm³/mol. The zero-order chi connectivity index (χ0) is 12.0. The third kappa shape index (κ3) is 3.02. The third-order valence-corrected chi connectivity index (χ3v) is 2.58. The molecule has 0 saturated heterocycles. The summed E-state index contributed by atoms with van der Waals surface area (Å²) in [5, 5.41) is 15.0. The zero-order valence-corrected chi connectivity index (χ0v) is 9.86. The highest BCUT2D eigenvalue weighted by Crippen LogP contribution is 2.17. The minimum Gasteiger partial charge on any atom is -0.334 e. The van der Waals surface area contributed by atoms with Crippen molar-refractivity contribution in [2.24, 2.45) is 0 Å². The van der Waals surface area contributed by atoms with Crippen LogP contribution < -0.4 is 10.6 Å². The lowest BCUT2D eigenvalue weighted by Gasteiger charge is -2.28. The van der Waals surface area contributed by atoms with E-state index in [1.54, 1.807) is 6.92 Å². The molecule has 0 radical (unpaired) electrons. The van der Waals surface area contributed by atoms with Crippen LogP contribution in [-0.4, -0.2) is 32.5 Å². The smallest absolute Gasteiger partial charge is 0.226 e. The van der Waals surface area contributed by atoms with Gasteiger partial charge in [-0.25, -0.2) is 15.0 Å². The van der Waals surface area contributed by atoms with Crippen LogP contribution in [0.2, 0.25) is 0 Å². The second-order valence-corrected chi connectivity index (χ2v) is 3.76. The summed E-state index contributed by atoms with van der Waals surface area (Å²) in [6.45, 7) is 4.26. The van der Waals surface area contributed by atoms with Gasteiger partial charge < -0.3 is 5.32 Å². The standard InChI is InChI=1S/C9H13ClN6/c1-3-13-7(10)9(2,4-11)16-8-14-5-12-6-15-8/h5-7,13H,3H2,1-2H3,(H,12,14,15,16). The molecule has 0 spiro atoms. The largest absolute Gasteiger partial charge is 0.334 e. The Bertz CT molecular complexity index is 364. The van der Waals surface area contributed by atoms with Crippen molar-refractivity contribution in [1.82, 2.24) is 20.3 Å². The Labute approximate surface area is 99.1 Å². The number of halogens is 1. The van der Waals surface area contributed by atoms with E-state index < -0.39 is 11.0 Å². The van der Waals surface area contributed by atoms with Crippen molar-refractivity contribution in [2.45, 2.75) is 24.9 Å². The van der Waals surface area contributed by atoms with Crippen molar-refractivity contribution in [3.63, 3.8) is 0 Å². The molecule has 1 aromatic rings. The fourth-order valence-electron chi connectivity index (χ4n) is 1.07. The molecule has 1 heterocycles. The van der Waals surface area contributed by atoms with Gasteiger partial charge in [0.25, 0.3) is 0 Å². The number of likely N-dealkylation sites (N-methyl/N-ethyl adjacent to an activating group) is 1. The molecular weight excluding hydrogens is 228 g/mol. The highest BCUT2D eigenvalue weighted by molar-refractivity contribution is 6.21. The molecule has 1 aromatic heterocycles. The van der Waals surface area contributed by atoms with E-state index in [4.69, 9.17) is 16.9 Å². The number of aromatic nitrogens is 3. The number of nitrogens with zero attached hydrogens (tertiary/aromatic N) is 4. The summed E-state index contributed by atoms with van der Waals surface area (Å²) in [7, 11) is 0. The van der Waals surface area contributed by atoms with Gasteiger partial charge in [-0.2, -0.15) is 5.26 Å². The number of alkyl halides is 1. The summed E-state index contributed by atoms with van der Waals surface area (Å²) in [6, 6.07) is 2.11. The van der Waals surface area contributed by atoms with Gasteiger partial charge in [0, 0.05) is 0 Å². The van der Waals surface area contributed by atoms with Gasteiger partial charge in [-0.1, -0.05) is 6.92 Å². The number of anilines is 1. The van der Waals surface area contributed by atoms with Crippen molar-refractivity contribution in [3.05, 3.63) is 12.7 Å². The Morgan fingerprint density at radius 3 is 2.69 bits per heavy atom. The topological polar surface area (TPSA) is 86.5 Å². The van der Waals surface area contributed by atoms with E-state index >= 15 is 0 Å². The minimum absolute atomic E-state index is 0.322. The molecule has 16 heavy (non-hydrogen) atoms. The molecule has 1 rings (SSSR count). The average molecular weight is 241 g/mol. The molecule has 2 unspecified atom stereocenters. The fourth-order valence-corrected chi connectivity index (χ4v) is 1.32. The molecular formula is C9H13ClN6. The number of hydrogen-bond donors (Lipinski definition) is 2. The van der Waals surface area contributed by atoms with Crippen molar-refractivity contribution >= 4 is 17.5 Å². The van der Waals surface area contributed by atoms with Crippen LogP contribution in [-0.2, 0) is 0 Å². The van der Waals surface area contributed by atoms with E-state index in [2.05, 4.69) is 31.7 Å². The van der Waals surface area contributed by atoms with Crippen LogP contribution in [0.15, 0.2) is 12.7 Å². The van der Waals surface area contributed by atoms with Crippen LogP contribution in [0.25, 0.3) is 0 Å². The molecule has 0 aliphatic rings. The van der Waals surface area contributed by atoms with E-state index in [1.165, 1.54) is 12.7 Å². The summed E-state index contributed by atoms with van der Waals surface area (Å²) in [4.78, 5) is 11.5. The van der Waals surface area contributed by atoms with Crippen molar-refractivity contribution in [3.8, 4) is 6.07 Å². The highest BCUT2D eigenvalue weighted by Gasteiger charge is 2.33. The molecule has 0 aliphatic heterocycles. The van der Waals surface area contributed by atoms with Crippen LogP contribution in [0.4, 0.5) is 5.95 Å². The molecule has 0 fully saturated rings. The summed E-state index contributed by atoms with van der Waals surface area (Å²) < 4.78 is 0. The number of rotatable bonds is 5. The molecule has 2 N–H and O–H groups in total. The maximum absolute atomic E-state index is 9.14. The number of nitrogens with one attached hydrogen (secondary N) is 2. The first-order valence-electron chi connectivity index (χ1n) is 4.81. The Balaban J connectivity index is 2.79. The van der Waals surface area contributed by atoms with Gasteiger partial charge in [0.05, 0.1) is 6.07 Å². The van der Waals surface area contributed by atoms with E-state index in [0.29, 0.717) is 12.5 Å². The monoisotopic (exact) mass is 240 g/mol.